The molecule has 0 aliphatic carbocycles. The van der Waals surface area contributed by atoms with Crippen molar-refractivity contribution < 1.29 is 75.3 Å². The molecule has 300 valence electrons. The Labute approximate surface area is 301 Å². The Morgan fingerprint density at radius 2 is 0.648 bits per heavy atom. The molecule has 0 N–H and O–H groups in total. The normalized spacial score (nSPS) is 13.2. The lowest BCUT2D eigenvalue weighted by Gasteiger charge is -2.54. The van der Waals surface area contributed by atoms with Gasteiger partial charge in [-0.05, 0) is 75.2 Å². The molecule has 0 saturated carbocycles. The SMILES string of the molecule is CC(C)(C)[P+](CCCCC(=O)O[B-](c1c(F)c(F)c(F)c(F)c1F)(c1c(F)c(F)c(F)c(F)c1F)c1c(F)c(F)c(F)c(F)c1F)(C(C)(C)C)C(C)(C)C. The number of hydrogen-bond donors (Lipinski definition) is 0. The fourth-order valence-electron chi connectivity index (χ4n) is 8.45. The third-order valence-electron chi connectivity index (χ3n) is 9.82. The molecule has 3 rings (SSSR count). The minimum atomic E-state index is -6.41. The third-order valence-corrected chi connectivity index (χ3v) is 17.7. The molecule has 2 nitrogen and oxygen atoms in total. The minimum absolute atomic E-state index is 0.0717. The van der Waals surface area contributed by atoms with Crippen molar-refractivity contribution in [3.05, 3.63) is 87.3 Å². The highest BCUT2D eigenvalue weighted by Crippen LogP contribution is 2.83. The van der Waals surface area contributed by atoms with Crippen LogP contribution >= 0.6 is 7.26 Å². The van der Waals surface area contributed by atoms with Gasteiger partial charge in [0.25, 0.3) is 12.3 Å². The number of hydrogen-bond acceptors (Lipinski definition) is 2. The lowest BCUT2D eigenvalue weighted by atomic mass is 9.27. The van der Waals surface area contributed by atoms with Gasteiger partial charge in [-0.2, -0.15) is 0 Å². The van der Waals surface area contributed by atoms with E-state index in [0.717, 1.165) is 0 Å². The molecular weight excluding hydrogens is 779 g/mol. The van der Waals surface area contributed by atoms with Gasteiger partial charge in [0.05, 0.1) is 21.6 Å². The van der Waals surface area contributed by atoms with Gasteiger partial charge in [0.1, 0.15) is 34.9 Å². The molecule has 0 unspecified atom stereocenters. The Morgan fingerprint density at radius 1 is 0.426 bits per heavy atom. The number of unbranched alkanes of at least 4 members (excludes halogenated alkanes) is 1. The van der Waals surface area contributed by atoms with E-state index >= 15 is 26.3 Å². The van der Waals surface area contributed by atoms with Crippen molar-refractivity contribution in [1.29, 1.82) is 0 Å². The van der Waals surface area contributed by atoms with Crippen molar-refractivity contribution in [3.63, 3.8) is 0 Å². The van der Waals surface area contributed by atoms with Crippen molar-refractivity contribution >= 4 is 36.0 Å². The number of carbonyl (C=O) groups excluding carboxylic acids is 1. The van der Waals surface area contributed by atoms with Gasteiger partial charge in [0.15, 0.2) is 52.4 Å². The maximum atomic E-state index is 15.7. The average Bonchev–Trinajstić information content (AvgIpc) is 3.04. The molecule has 0 aliphatic rings. The molecule has 0 heterocycles. The van der Waals surface area contributed by atoms with E-state index in [0.29, 0.717) is 6.16 Å². The molecule has 0 aromatic heterocycles. The Bertz CT molecular complexity index is 1710. The maximum absolute atomic E-state index is 15.7. The number of halogens is 15. The fourth-order valence-corrected chi connectivity index (χ4v) is 17.2. The zero-order chi connectivity index (χ0) is 42.0. The Hall–Kier alpha value is -3.43. The number of benzene rings is 3. The van der Waals surface area contributed by atoms with Crippen LogP contribution in [0.3, 0.4) is 0 Å². The summed E-state index contributed by atoms with van der Waals surface area (Å²) >= 11 is 0. The highest BCUT2D eigenvalue weighted by Gasteiger charge is 2.63. The molecule has 0 radical (unpaired) electrons. The van der Waals surface area contributed by atoms with Crippen LogP contribution in [0.15, 0.2) is 0 Å². The first-order valence-electron chi connectivity index (χ1n) is 16.2. The zero-order valence-electron chi connectivity index (χ0n) is 30.3. The van der Waals surface area contributed by atoms with Crippen LogP contribution in [-0.2, 0) is 9.45 Å². The molecule has 0 fully saturated rings. The van der Waals surface area contributed by atoms with Crippen molar-refractivity contribution in [2.75, 3.05) is 6.16 Å². The van der Waals surface area contributed by atoms with Crippen LogP contribution in [0.4, 0.5) is 65.9 Å². The van der Waals surface area contributed by atoms with Crippen LogP contribution in [0.5, 0.6) is 0 Å². The molecule has 0 amide bonds. The van der Waals surface area contributed by atoms with Crippen LogP contribution < -0.4 is 16.4 Å². The van der Waals surface area contributed by atoms with E-state index in [9.17, 15) is 44.3 Å². The van der Waals surface area contributed by atoms with Gasteiger partial charge in [-0.25, -0.2) is 65.9 Å². The van der Waals surface area contributed by atoms with Crippen molar-refractivity contribution in [2.24, 2.45) is 0 Å². The summed E-state index contributed by atoms with van der Waals surface area (Å²) < 4.78 is 230. The molecule has 19 heteroatoms. The fraction of sp³-hybridized carbons (Fsp3) is 0.457. The lowest BCUT2D eigenvalue weighted by molar-refractivity contribution is -0.134. The summed E-state index contributed by atoms with van der Waals surface area (Å²) in [5.74, 6) is -49.9. The summed E-state index contributed by atoms with van der Waals surface area (Å²) in [6.07, 6.45) is -7.42. The van der Waals surface area contributed by atoms with E-state index in [1.165, 1.54) is 0 Å². The van der Waals surface area contributed by atoms with Gasteiger partial charge >= 0.3 is 0 Å². The Kier molecular flexibility index (Phi) is 12.4. The van der Waals surface area contributed by atoms with E-state index in [4.69, 9.17) is 4.65 Å². The van der Waals surface area contributed by atoms with Gasteiger partial charge in [0.2, 0.25) is 0 Å². The summed E-state index contributed by atoms with van der Waals surface area (Å²) in [4.78, 5) is 13.6. The van der Waals surface area contributed by atoms with Gasteiger partial charge in [0, 0.05) is 13.7 Å². The molecule has 0 spiro atoms. The van der Waals surface area contributed by atoms with Crippen molar-refractivity contribution in [1.82, 2.24) is 0 Å². The molecule has 0 bridgehead atoms. The highest BCUT2D eigenvalue weighted by molar-refractivity contribution is 7.80. The van der Waals surface area contributed by atoms with Gasteiger partial charge in [-0.3, -0.25) is 4.79 Å². The van der Waals surface area contributed by atoms with E-state index in [1.54, 1.807) is 0 Å². The summed E-state index contributed by atoms with van der Waals surface area (Å²) in [5, 5.41) is -1.07. The predicted molar refractivity (Wildman–Crippen MR) is 174 cm³/mol. The van der Waals surface area contributed by atoms with Crippen LogP contribution in [0, 0.1) is 87.3 Å². The summed E-state index contributed by atoms with van der Waals surface area (Å²) in [6, 6.07) is 0. The molecule has 0 saturated heterocycles. The molecule has 3 aromatic carbocycles. The quantitative estimate of drug-likeness (QED) is 0.0538. The van der Waals surface area contributed by atoms with Gasteiger partial charge in [-0.1, -0.05) is 16.4 Å². The number of carbonyl (C=O) groups is 1. The second-order valence-corrected chi connectivity index (χ2v) is 21.8. The number of rotatable bonds is 9. The van der Waals surface area contributed by atoms with E-state index in [1.807, 2.05) is 62.3 Å². The molecule has 0 aliphatic heterocycles. The zero-order valence-corrected chi connectivity index (χ0v) is 31.2. The molecule has 54 heavy (non-hydrogen) atoms. The van der Waals surface area contributed by atoms with E-state index < -0.39 is 130 Å². The van der Waals surface area contributed by atoms with E-state index in [-0.39, 0.29) is 28.3 Å². The van der Waals surface area contributed by atoms with Crippen molar-refractivity contribution in [2.45, 2.75) is 97.0 Å². The molecular formula is C35H35BF15O2P. The van der Waals surface area contributed by atoms with E-state index in [2.05, 4.69) is 0 Å². The third kappa shape index (κ3) is 6.86. The monoisotopic (exact) mass is 814 g/mol. The predicted octanol–water partition coefficient (Wildman–Crippen LogP) is 9.87. The minimum Gasteiger partial charge on any atom is -0.676 e. The molecule has 3 aromatic rings. The second kappa shape index (κ2) is 14.9. The Morgan fingerprint density at radius 3 is 0.870 bits per heavy atom. The first kappa shape index (κ1) is 45.0. The summed E-state index contributed by atoms with van der Waals surface area (Å²) in [6.45, 7) is 17.9. The summed E-state index contributed by atoms with van der Waals surface area (Å²) in [5.41, 5.74) is -8.99. The first-order valence-corrected chi connectivity index (χ1v) is 18.2. The topological polar surface area (TPSA) is 26.3 Å². The van der Waals surface area contributed by atoms with Crippen LogP contribution in [0.1, 0.15) is 81.6 Å². The maximum Gasteiger partial charge on any atom is 0.268 e. The molecule has 0 atom stereocenters. The van der Waals surface area contributed by atoms with Crippen LogP contribution in [-0.4, -0.2) is 33.9 Å². The standard InChI is InChI=1S/C35H35BF15O2P/c1-33(2,3)54(34(4,5)6,35(7,8)9)13-11-10-12-14(52)53-36(15-18(37)24(43)30(49)25(44)19(15)38,16-20(39)26(45)31(50)27(46)21(16)40)17-22(41)28(47)32(51)29(48)23(17)42/h10-13H2,1-9H3. The van der Waals surface area contributed by atoms with Gasteiger partial charge < -0.3 is 4.65 Å². The van der Waals surface area contributed by atoms with Gasteiger partial charge in [-0.15, -0.1) is 0 Å². The lowest BCUT2D eigenvalue weighted by Crippen LogP contribution is -2.75. The highest BCUT2D eigenvalue weighted by atomic mass is 31.2. The second-order valence-electron chi connectivity index (χ2n) is 15.7. The van der Waals surface area contributed by atoms with Crippen LogP contribution in [0.2, 0.25) is 0 Å². The largest absolute Gasteiger partial charge is 0.676 e. The smallest absolute Gasteiger partial charge is 0.268 e. The summed E-state index contributed by atoms with van der Waals surface area (Å²) in [7, 11) is -2.18. The van der Waals surface area contributed by atoms with Crippen molar-refractivity contribution in [3.8, 4) is 0 Å². The average molecular weight is 814 g/mol. The first-order chi connectivity index (χ1) is 24.4. The Balaban J connectivity index is 2.49. The van der Waals surface area contributed by atoms with Crippen LogP contribution in [0.25, 0.3) is 0 Å².